The number of rotatable bonds is 5. The Kier molecular flexibility index (Phi) is 3.89. The molecule has 0 aliphatic rings. The van der Waals surface area contributed by atoms with Crippen LogP contribution in [0.3, 0.4) is 0 Å². The maximum atomic E-state index is 6.00. The first-order chi connectivity index (χ1) is 5.39. The molecule has 0 rings (SSSR count). The molecule has 0 spiro atoms. The fraction of sp³-hybridized carbons (Fsp3) is 0.333. The molecule has 12 heavy (non-hydrogen) atoms. The van der Waals surface area contributed by atoms with Crippen molar-refractivity contribution < 1.29 is 4.12 Å². The van der Waals surface area contributed by atoms with Crippen LogP contribution >= 0.6 is 0 Å². The molecule has 0 aromatic carbocycles. The zero-order valence-electron chi connectivity index (χ0n) is 8.26. The third kappa shape index (κ3) is 3.34. The summed E-state index contributed by atoms with van der Waals surface area (Å²) in [5, 5.41) is 0. The highest BCUT2D eigenvalue weighted by Crippen LogP contribution is 2.16. The van der Waals surface area contributed by atoms with Crippen molar-refractivity contribution >= 4 is 16.6 Å². The van der Waals surface area contributed by atoms with E-state index in [9.17, 15) is 0 Å². The maximum Gasteiger partial charge on any atom is 0.254 e. The monoisotopic (exact) mass is 198 g/mol. The summed E-state index contributed by atoms with van der Waals surface area (Å²) in [6.45, 7) is 17.8. The SMILES string of the molecule is C=C[Si](C=C)(C=C)O[Si](C)(C)C. The molecule has 0 bridgehead atoms. The zero-order chi connectivity index (χ0) is 9.83. The van der Waals surface area contributed by atoms with Crippen molar-refractivity contribution in [3.63, 3.8) is 0 Å². The molecule has 0 N–H and O–H groups in total. The van der Waals surface area contributed by atoms with Crippen LogP contribution in [-0.4, -0.2) is 16.6 Å². The molecule has 0 aromatic rings. The van der Waals surface area contributed by atoms with E-state index in [1.165, 1.54) is 0 Å². The summed E-state index contributed by atoms with van der Waals surface area (Å²) in [6.07, 6.45) is 0. The van der Waals surface area contributed by atoms with Gasteiger partial charge in [0.05, 0.1) is 0 Å². The Morgan fingerprint density at radius 1 is 0.917 bits per heavy atom. The van der Waals surface area contributed by atoms with Gasteiger partial charge in [-0.3, -0.25) is 0 Å². The van der Waals surface area contributed by atoms with Gasteiger partial charge >= 0.3 is 0 Å². The topological polar surface area (TPSA) is 9.23 Å². The molecule has 0 unspecified atom stereocenters. The zero-order valence-corrected chi connectivity index (χ0v) is 10.3. The lowest BCUT2D eigenvalue weighted by atomic mass is 11.2. The summed E-state index contributed by atoms with van der Waals surface area (Å²) < 4.78 is 6.00. The Morgan fingerprint density at radius 2 is 1.25 bits per heavy atom. The van der Waals surface area contributed by atoms with E-state index in [1.807, 2.05) is 17.1 Å². The van der Waals surface area contributed by atoms with E-state index in [4.69, 9.17) is 4.12 Å². The van der Waals surface area contributed by atoms with Gasteiger partial charge in [-0.2, -0.15) is 0 Å². The van der Waals surface area contributed by atoms with Gasteiger partial charge in [0, 0.05) is 0 Å². The van der Waals surface area contributed by atoms with E-state index in [1.54, 1.807) is 0 Å². The Bertz CT molecular complexity index is 169. The van der Waals surface area contributed by atoms with Crippen molar-refractivity contribution in [1.29, 1.82) is 0 Å². The first-order valence-electron chi connectivity index (χ1n) is 4.00. The van der Waals surface area contributed by atoms with Gasteiger partial charge in [0.15, 0.2) is 8.32 Å². The molecular weight excluding hydrogens is 180 g/mol. The van der Waals surface area contributed by atoms with E-state index in [0.29, 0.717) is 0 Å². The number of hydrogen-bond acceptors (Lipinski definition) is 1. The highest BCUT2D eigenvalue weighted by Gasteiger charge is 2.30. The van der Waals surface area contributed by atoms with Gasteiger partial charge < -0.3 is 4.12 Å². The van der Waals surface area contributed by atoms with Crippen LogP contribution in [0.4, 0.5) is 0 Å². The third-order valence-corrected chi connectivity index (χ3v) is 7.22. The fourth-order valence-electron chi connectivity index (χ4n) is 0.905. The lowest BCUT2D eigenvalue weighted by molar-refractivity contribution is 0.576. The van der Waals surface area contributed by atoms with Crippen molar-refractivity contribution in [2.45, 2.75) is 19.6 Å². The average molecular weight is 198 g/mol. The molecule has 68 valence electrons. The molecule has 0 heterocycles. The molecule has 0 radical (unpaired) electrons. The highest BCUT2D eigenvalue weighted by molar-refractivity contribution is 6.94. The van der Waals surface area contributed by atoms with Gasteiger partial charge in [-0.15, -0.1) is 19.7 Å². The van der Waals surface area contributed by atoms with Crippen LogP contribution in [0.2, 0.25) is 19.6 Å². The third-order valence-electron chi connectivity index (χ3n) is 1.44. The highest BCUT2D eigenvalue weighted by atomic mass is 28.4. The molecule has 0 aromatic heterocycles. The first-order valence-corrected chi connectivity index (χ1v) is 9.55. The van der Waals surface area contributed by atoms with Crippen LogP contribution < -0.4 is 0 Å². The van der Waals surface area contributed by atoms with Crippen LogP contribution in [-0.2, 0) is 4.12 Å². The van der Waals surface area contributed by atoms with Crippen molar-refractivity contribution in [2.75, 3.05) is 0 Å². The van der Waals surface area contributed by atoms with E-state index in [0.717, 1.165) is 0 Å². The Hall–Kier alpha value is -0.386. The predicted molar refractivity (Wildman–Crippen MR) is 60.8 cm³/mol. The van der Waals surface area contributed by atoms with Gasteiger partial charge in [-0.1, -0.05) is 17.1 Å². The molecule has 0 saturated carbocycles. The van der Waals surface area contributed by atoms with Crippen LogP contribution in [0.15, 0.2) is 36.8 Å². The van der Waals surface area contributed by atoms with E-state index < -0.39 is 16.6 Å². The molecule has 0 saturated heterocycles. The minimum absolute atomic E-state index is 1.51. The Labute approximate surface area is 77.7 Å². The molecular formula is C9H18OSi2. The summed E-state index contributed by atoms with van der Waals surface area (Å²) in [5.41, 5.74) is 5.60. The summed E-state index contributed by atoms with van der Waals surface area (Å²) in [6, 6.07) is 0. The van der Waals surface area contributed by atoms with E-state index >= 15 is 0 Å². The lowest BCUT2D eigenvalue weighted by Crippen LogP contribution is -2.43. The normalized spacial score (nSPS) is 12.2. The van der Waals surface area contributed by atoms with Gasteiger partial charge in [-0.25, -0.2) is 0 Å². The predicted octanol–water partition coefficient (Wildman–Crippen LogP) is 2.96. The first kappa shape index (κ1) is 11.6. The second kappa shape index (κ2) is 4.02. The maximum absolute atomic E-state index is 6.00. The largest absolute Gasteiger partial charge is 0.447 e. The van der Waals surface area contributed by atoms with Crippen molar-refractivity contribution in [3.8, 4) is 0 Å². The smallest absolute Gasteiger partial charge is 0.254 e. The van der Waals surface area contributed by atoms with Gasteiger partial charge in [0.25, 0.3) is 8.32 Å². The fourth-order valence-corrected chi connectivity index (χ4v) is 6.65. The molecule has 0 aliphatic heterocycles. The standard InChI is InChI=1S/C9H18OSi2/c1-7-12(8-2,9-3)10-11(4,5)6/h7-9H,1-3H2,4-6H3. The molecule has 0 amide bonds. The summed E-state index contributed by atoms with van der Waals surface area (Å²) >= 11 is 0. The summed E-state index contributed by atoms with van der Waals surface area (Å²) in [4.78, 5) is 0. The van der Waals surface area contributed by atoms with Crippen LogP contribution in [0.5, 0.6) is 0 Å². The molecule has 1 nitrogen and oxygen atoms in total. The Morgan fingerprint density at radius 3 is 1.33 bits per heavy atom. The second-order valence-corrected chi connectivity index (χ2v) is 11.7. The van der Waals surface area contributed by atoms with E-state index in [-0.39, 0.29) is 0 Å². The summed E-state index contributed by atoms with van der Waals surface area (Å²) in [5.74, 6) is 0. The van der Waals surface area contributed by atoms with Gasteiger partial charge in [0.2, 0.25) is 0 Å². The summed E-state index contributed by atoms with van der Waals surface area (Å²) in [7, 11) is -3.51. The Balaban J connectivity index is 4.63. The van der Waals surface area contributed by atoms with Crippen LogP contribution in [0.1, 0.15) is 0 Å². The minimum Gasteiger partial charge on any atom is -0.447 e. The number of hydrogen-bond donors (Lipinski definition) is 0. The molecule has 0 fully saturated rings. The second-order valence-electron chi connectivity index (χ2n) is 3.68. The lowest BCUT2D eigenvalue weighted by Gasteiger charge is -2.29. The van der Waals surface area contributed by atoms with Gasteiger partial charge in [-0.05, 0) is 19.6 Å². The minimum atomic E-state index is -2.00. The molecule has 3 heteroatoms. The van der Waals surface area contributed by atoms with Crippen molar-refractivity contribution in [2.24, 2.45) is 0 Å². The van der Waals surface area contributed by atoms with Crippen LogP contribution in [0.25, 0.3) is 0 Å². The van der Waals surface area contributed by atoms with Crippen LogP contribution in [0, 0.1) is 0 Å². The van der Waals surface area contributed by atoms with Crippen molar-refractivity contribution in [1.82, 2.24) is 0 Å². The molecule has 0 aliphatic carbocycles. The van der Waals surface area contributed by atoms with Crippen molar-refractivity contribution in [3.05, 3.63) is 36.8 Å². The quantitative estimate of drug-likeness (QED) is 0.617. The van der Waals surface area contributed by atoms with E-state index in [2.05, 4.69) is 39.4 Å². The molecule has 0 atom stereocenters. The van der Waals surface area contributed by atoms with Gasteiger partial charge in [0.1, 0.15) is 0 Å². The average Bonchev–Trinajstić information content (AvgIpc) is 1.99.